The third kappa shape index (κ3) is 2.98. The van der Waals surface area contributed by atoms with E-state index >= 15 is 0 Å². The highest BCUT2D eigenvalue weighted by molar-refractivity contribution is 5.60. The normalized spacial score (nSPS) is 10.1. The second-order valence-electron chi connectivity index (χ2n) is 3.49. The van der Waals surface area contributed by atoms with Crippen LogP contribution in [0.25, 0.3) is 0 Å². The molecule has 1 rings (SSSR count). The first-order valence-corrected chi connectivity index (χ1v) is 4.95. The predicted molar refractivity (Wildman–Crippen MR) is 58.5 cm³/mol. The monoisotopic (exact) mass is 208 g/mol. The lowest BCUT2D eigenvalue weighted by atomic mass is 10.1. The van der Waals surface area contributed by atoms with E-state index in [-0.39, 0.29) is 6.10 Å². The number of carbonyl (C=O) groups excluding carboxylic acids is 1. The summed E-state index contributed by atoms with van der Waals surface area (Å²) in [5.74, 6) is 1.34. The Hall–Kier alpha value is -1.51. The molecular formula is C12H16O3. The zero-order valence-corrected chi connectivity index (χ0v) is 9.32. The number of para-hydroxylation sites is 1. The van der Waals surface area contributed by atoms with Crippen LogP contribution in [0.3, 0.4) is 0 Å². The lowest BCUT2D eigenvalue weighted by Gasteiger charge is -2.15. The molecule has 15 heavy (non-hydrogen) atoms. The van der Waals surface area contributed by atoms with Gasteiger partial charge < -0.3 is 14.3 Å². The van der Waals surface area contributed by atoms with E-state index < -0.39 is 0 Å². The van der Waals surface area contributed by atoms with E-state index in [1.807, 2.05) is 32.0 Å². The lowest BCUT2D eigenvalue weighted by Crippen LogP contribution is -2.07. The summed E-state index contributed by atoms with van der Waals surface area (Å²) in [6.45, 7) is 3.90. The zero-order valence-electron chi connectivity index (χ0n) is 9.32. The molecular weight excluding hydrogens is 192 g/mol. The first kappa shape index (κ1) is 11.6. The van der Waals surface area contributed by atoms with Crippen molar-refractivity contribution in [1.82, 2.24) is 0 Å². The van der Waals surface area contributed by atoms with Crippen LogP contribution in [-0.2, 0) is 11.2 Å². The first-order valence-electron chi connectivity index (χ1n) is 4.95. The van der Waals surface area contributed by atoms with Crippen molar-refractivity contribution in [3.63, 3.8) is 0 Å². The van der Waals surface area contributed by atoms with E-state index in [2.05, 4.69) is 0 Å². The van der Waals surface area contributed by atoms with Crippen LogP contribution in [0.2, 0.25) is 0 Å². The molecule has 1 aromatic carbocycles. The van der Waals surface area contributed by atoms with Crippen molar-refractivity contribution in [3.8, 4) is 11.5 Å². The second kappa shape index (κ2) is 5.39. The minimum atomic E-state index is 0.0883. The van der Waals surface area contributed by atoms with E-state index in [1.54, 1.807) is 7.11 Å². The van der Waals surface area contributed by atoms with Crippen molar-refractivity contribution >= 4 is 6.29 Å². The molecule has 3 heteroatoms. The first-order chi connectivity index (χ1) is 7.19. The fraction of sp³-hybridized carbons (Fsp3) is 0.417. The molecule has 1 aromatic rings. The van der Waals surface area contributed by atoms with Gasteiger partial charge in [-0.25, -0.2) is 0 Å². The van der Waals surface area contributed by atoms with Gasteiger partial charge in [0.25, 0.3) is 0 Å². The van der Waals surface area contributed by atoms with E-state index in [0.29, 0.717) is 17.9 Å². The summed E-state index contributed by atoms with van der Waals surface area (Å²) in [5, 5.41) is 0. The lowest BCUT2D eigenvalue weighted by molar-refractivity contribution is -0.107. The Morgan fingerprint density at radius 3 is 2.67 bits per heavy atom. The summed E-state index contributed by atoms with van der Waals surface area (Å²) in [4.78, 5) is 10.5. The Kier molecular flexibility index (Phi) is 4.16. The summed E-state index contributed by atoms with van der Waals surface area (Å²) in [7, 11) is 1.58. The third-order valence-electron chi connectivity index (χ3n) is 1.93. The van der Waals surface area contributed by atoms with E-state index in [4.69, 9.17) is 9.47 Å². The van der Waals surface area contributed by atoms with Gasteiger partial charge in [0.05, 0.1) is 13.2 Å². The zero-order chi connectivity index (χ0) is 11.3. The SMILES string of the molecule is COc1c(CC=O)cccc1OC(C)C. The van der Waals surface area contributed by atoms with Crippen LogP contribution in [0.4, 0.5) is 0 Å². The predicted octanol–water partition coefficient (Wildman–Crippen LogP) is 2.22. The molecule has 0 heterocycles. The molecule has 3 nitrogen and oxygen atoms in total. The van der Waals surface area contributed by atoms with Crippen LogP contribution in [-0.4, -0.2) is 19.5 Å². The number of hydrogen-bond acceptors (Lipinski definition) is 3. The van der Waals surface area contributed by atoms with Crippen LogP contribution >= 0.6 is 0 Å². The maximum atomic E-state index is 10.5. The highest BCUT2D eigenvalue weighted by atomic mass is 16.5. The molecule has 0 bridgehead atoms. The van der Waals surface area contributed by atoms with Gasteiger partial charge in [-0.1, -0.05) is 12.1 Å². The van der Waals surface area contributed by atoms with Gasteiger partial charge in [-0.15, -0.1) is 0 Å². The van der Waals surface area contributed by atoms with Crippen molar-refractivity contribution in [3.05, 3.63) is 23.8 Å². The molecule has 0 fully saturated rings. The Balaban J connectivity index is 3.03. The number of rotatable bonds is 5. The molecule has 0 aliphatic rings. The quantitative estimate of drug-likeness (QED) is 0.696. The molecule has 0 unspecified atom stereocenters. The minimum Gasteiger partial charge on any atom is -0.493 e. The topological polar surface area (TPSA) is 35.5 Å². The molecule has 0 N–H and O–H groups in total. The summed E-state index contributed by atoms with van der Waals surface area (Å²) >= 11 is 0. The Morgan fingerprint density at radius 2 is 2.13 bits per heavy atom. The number of methoxy groups -OCH3 is 1. The van der Waals surface area contributed by atoms with Crippen LogP contribution in [0.5, 0.6) is 11.5 Å². The van der Waals surface area contributed by atoms with Gasteiger partial charge in [-0.2, -0.15) is 0 Å². The van der Waals surface area contributed by atoms with Crippen molar-refractivity contribution < 1.29 is 14.3 Å². The molecule has 0 atom stereocenters. The number of hydrogen-bond donors (Lipinski definition) is 0. The van der Waals surface area contributed by atoms with Gasteiger partial charge >= 0.3 is 0 Å². The molecule has 82 valence electrons. The molecule has 0 aliphatic carbocycles. The third-order valence-corrected chi connectivity index (χ3v) is 1.93. The number of carbonyl (C=O) groups is 1. The maximum Gasteiger partial charge on any atom is 0.164 e. The van der Waals surface area contributed by atoms with Crippen molar-refractivity contribution in [2.45, 2.75) is 26.4 Å². The smallest absolute Gasteiger partial charge is 0.164 e. The molecule has 0 aliphatic heterocycles. The summed E-state index contributed by atoms with van der Waals surface area (Å²) in [6, 6.07) is 5.56. The minimum absolute atomic E-state index is 0.0883. The van der Waals surface area contributed by atoms with Crippen LogP contribution in [0.1, 0.15) is 19.4 Å². The average molecular weight is 208 g/mol. The fourth-order valence-corrected chi connectivity index (χ4v) is 1.39. The number of aldehydes is 1. The van der Waals surface area contributed by atoms with Crippen molar-refractivity contribution in [2.75, 3.05) is 7.11 Å². The van der Waals surface area contributed by atoms with Gasteiger partial charge in [0, 0.05) is 12.0 Å². The molecule has 0 saturated carbocycles. The van der Waals surface area contributed by atoms with Gasteiger partial charge in [0.1, 0.15) is 6.29 Å². The Morgan fingerprint density at radius 1 is 1.40 bits per heavy atom. The van der Waals surface area contributed by atoms with Gasteiger partial charge in [0.2, 0.25) is 0 Å². The van der Waals surface area contributed by atoms with Gasteiger partial charge in [-0.05, 0) is 19.9 Å². The largest absolute Gasteiger partial charge is 0.493 e. The Labute approximate surface area is 90.0 Å². The van der Waals surface area contributed by atoms with Gasteiger partial charge in [-0.3, -0.25) is 0 Å². The number of benzene rings is 1. The van der Waals surface area contributed by atoms with Gasteiger partial charge in [0.15, 0.2) is 11.5 Å². The Bertz CT molecular complexity index is 332. The highest BCUT2D eigenvalue weighted by Crippen LogP contribution is 2.31. The van der Waals surface area contributed by atoms with E-state index in [9.17, 15) is 4.79 Å². The summed E-state index contributed by atoms with van der Waals surface area (Å²) < 4.78 is 10.8. The maximum absolute atomic E-state index is 10.5. The fourth-order valence-electron chi connectivity index (χ4n) is 1.39. The van der Waals surface area contributed by atoms with E-state index in [1.165, 1.54) is 0 Å². The van der Waals surface area contributed by atoms with Crippen LogP contribution < -0.4 is 9.47 Å². The molecule has 0 spiro atoms. The molecule has 0 amide bonds. The average Bonchev–Trinajstić information content (AvgIpc) is 2.18. The standard InChI is InChI=1S/C12H16O3/c1-9(2)15-11-6-4-5-10(7-8-13)12(11)14-3/h4-6,8-9H,7H2,1-3H3. The van der Waals surface area contributed by atoms with Crippen molar-refractivity contribution in [1.29, 1.82) is 0 Å². The summed E-state index contributed by atoms with van der Waals surface area (Å²) in [5.41, 5.74) is 0.852. The highest BCUT2D eigenvalue weighted by Gasteiger charge is 2.10. The van der Waals surface area contributed by atoms with Crippen molar-refractivity contribution in [2.24, 2.45) is 0 Å². The molecule has 0 radical (unpaired) electrons. The summed E-state index contributed by atoms with van der Waals surface area (Å²) in [6.07, 6.45) is 1.29. The molecule has 0 saturated heterocycles. The molecule has 0 aromatic heterocycles. The van der Waals surface area contributed by atoms with E-state index in [0.717, 1.165) is 11.8 Å². The number of ether oxygens (including phenoxy) is 2. The second-order valence-corrected chi connectivity index (χ2v) is 3.49. The van der Waals surface area contributed by atoms with Crippen LogP contribution in [0, 0.1) is 0 Å². The van der Waals surface area contributed by atoms with Crippen LogP contribution in [0.15, 0.2) is 18.2 Å².